The second-order valence-corrected chi connectivity index (χ2v) is 8.45. The fourth-order valence-electron chi connectivity index (χ4n) is 2.07. The molecule has 1 N–H and O–H groups in total. The van der Waals surface area contributed by atoms with E-state index in [-0.39, 0.29) is 18.2 Å². The molecular weight excluding hydrogens is 331 g/mol. The molecule has 0 aliphatic rings. The Hall–Kier alpha value is -2.02. The first-order valence-electron chi connectivity index (χ1n) is 7.52. The summed E-state index contributed by atoms with van der Waals surface area (Å²) in [6.45, 7) is 4.02. The van der Waals surface area contributed by atoms with Gasteiger partial charge in [0.05, 0.1) is 7.05 Å². The largest absolute Gasteiger partial charge is 0.434 e. The van der Waals surface area contributed by atoms with Crippen molar-refractivity contribution in [3.05, 3.63) is 57.9 Å². The molecule has 1 aromatic heterocycles. The Morgan fingerprint density at radius 1 is 1.38 bits per heavy atom. The van der Waals surface area contributed by atoms with Crippen molar-refractivity contribution in [2.45, 2.75) is 32.7 Å². The van der Waals surface area contributed by atoms with E-state index in [4.69, 9.17) is 4.52 Å². The Morgan fingerprint density at radius 3 is 2.58 bits per heavy atom. The number of nitrogens with one attached hydrogen (secondary N) is 1. The monoisotopic (exact) mass is 352 g/mol. The second kappa shape index (κ2) is 7.70. The lowest BCUT2D eigenvalue weighted by Crippen LogP contribution is -2.19. The van der Waals surface area contributed by atoms with E-state index < -0.39 is 12.4 Å². The lowest BCUT2D eigenvalue weighted by atomic mass is 10.2. The predicted octanol–water partition coefficient (Wildman–Crippen LogP) is 3.24. The fraction of sp³-hybridized carbons (Fsp3) is 0.400. The molecule has 0 radical (unpaired) electrons. The van der Waals surface area contributed by atoms with Crippen LogP contribution in [0.25, 0.3) is 0 Å². The average Bonchev–Trinajstić information content (AvgIpc) is 2.93. The lowest BCUT2D eigenvalue weighted by Gasteiger charge is -2.22. The smallest absolute Gasteiger partial charge is 0.390 e. The molecule has 1 atom stereocenters. The Labute approximate surface area is 140 Å². The summed E-state index contributed by atoms with van der Waals surface area (Å²) in [6, 6.07) is 9.60. The Kier molecular flexibility index (Phi) is 5.88. The van der Waals surface area contributed by atoms with Crippen LogP contribution in [0.4, 0.5) is 5.95 Å². The fourth-order valence-corrected chi connectivity index (χ4v) is 3.56. The highest BCUT2D eigenvalue weighted by Crippen LogP contribution is 2.48. The molecule has 0 bridgehead atoms. The van der Waals surface area contributed by atoms with Gasteiger partial charge in [-0.3, -0.25) is 4.57 Å². The Morgan fingerprint density at radius 2 is 2.04 bits per heavy atom. The van der Waals surface area contributed by atoms with Gasteiger partial charge in [-0.2, -0.15) is 0 Å². The van der Waals surface area contributed by atoms with Crippen LogP contribution in [0.15, 0.2) is 36.5 Å². The third-order valence-electron chi connectivity index (χ3n) is 3.65. The highest BCUT2D eigenvalue weighted by Gasteiger charge is 2.29. The minimum atomic E-state index is -3.12. The number of rotatable bonds is 8. The van der Waals surface area contributed by atoms with E-state index in [1.54, 1.807) is 0 Å². The second-order valence-electron chi connectivity index (χ2n) is 5.65. The quantitative estimate of drug-likeness (QED) is 0.445. The van der Waals surface area contributed by atoms with Crippen molar-refractivity contribution in [1.82, 2.24) is 14.6 Å². The third kappa shape index (κ3) is 4.29. The van der Waals surface area contributed by atoms with Crippen LogP contribution >= 0.6 is 7.52 Å². The molecule has 0 saturated carbocycles. The van der Waals surface area contributed by atoms with Gasteiger partial charge in [0, 0.05) is 12.2 Å². The molecule has 9 heteroatoms. The molecule has 0 fully saturated rings. The molecule has 0 aliphatic heterocycles. The van der Waals surface area contributed by atoms with Crippen LogP contribution in [-0.4, -0.2) is 20.1 Å². The van der Waals surface area contributed by atoms with Crippen molar-refractivity contribution in [2.75, 3.05) is 0 Å². The highest BCUT2D eigenvalue weighted by molar-refractivity contribution is 7.57. The summed E-state index contributed by atoms with van der Waals surface area (Å²) in [4.78, 5) is 14.0. The van der Waals surface area contributed by atoms with Gasteiger partial charge < -0.3 is 14.6 Å². The molecule has 2 rings (SSSR count). The zero-order valence-electron chi connectivity index (χ0n) is 13.9. The summed E-state index contributed by atoms with van der Waals surface area (Å²) in [5.41, 5.74) is 1.26. The first-order chi connectivity index (χ1) is 11.3. The van der Waals surface area contributed by atoms with Crippen LogP contribution in [0, 0.1) is 10.1 Å². The molecule has 1 unspecified atom stereocenters. The van der Waals surface area contributed by atoms with Crippen LogP contribution < -0.4 is 5.09 Å². The third-order valence-corrected chi connectivity index (χ3v) is 6.12. The minimum absolute atomic E-state index is 0.0193. The van der Waals surface area contributed by atoms with Gasteiger partial charge in [-0.1, -0.05) is 49.2 Å². The zero-order chi connectivity index (χ0) is 17.7. The predicted molar refractivity (Wildman–Crippen MR) is 90.7 cm³/mol. The van der Waals surface area contributed by atoms with Gasteiger partial charge in [0.1, 0.15) is 18.5 Å². The van der Waals surface area contributed by atoms with Gasteiger partial charge in [0.15, 0.2) is 0 Å². The van der Waals surface area contributed by atoms with E-state index in [0.717, 1.165) is 5.56 Å². The van der Waals surface area contributed by atoms with Gasteiger partial charge in [-0.05, 0) is 10.5 Å². The number of imidazole rings is 1. The maximum atomic E-state index is 13.0. The van der Waals surface area contributed by atoms with Crippen molar-refractivity contribution in [2.24, 2.45) is 7.05 Å². The first-order valence-corrected chi connectivity index (χ1v) is 9.21. The maximum Gasteiger partial charge on any atom is 0.434 e. The van der Waals surface area contributed by atoms with E-state index >= 15 is 0 Å². The van der Waals surface area contributed by atoms with Crippen LogP contribution in [0.2, 0.25) is 0 Å². The first kappa shape index (κ1) is 18.3. The molecule has 1 heterocycles. The molecule has 8 nitrogen and oxygen atoms in total. The summed E-state index contributed by atoms with van der Waals surface area (Å²) < 4.78 is 20.0. The molecule has 0 spiro atoms. The van der Waals surface area contributed by atoms with Crippen LogP contribution in [0.1, 0.15) is 25.1 Å². The highest BCUT2D eigenvalue weighted by atomic mass is 31.2. The number of benzene rings is 1. The molecule has 24 heavy (non-hydrogen) atoms. The molecule has 0 aliphatic carbocycles. The summed E-state index contributed by atoms with van der Waals surface area (Å²) >= 11 is 0. The molecule has 2 aromatic rings. The van der Waals surface area contributed by atoms with E-state index in [1.165, 1.54) is 17.8 Å². The van der Waals surface area contributed by atoms with Crippen molar-refractivity contribution in [3.8, 4) is 0 Å². The summed E-state index contributed by atoms with van der Waals surface area (Å²) in [5, 5.41) is 13.8. The van der Waals surface area contributed by atoms with Crippen molar-refractivity contribution in [1.29, 1.82) is 0 Å². The van der Waals surface area contributed by atoms with E-state index in [2.05, 4.69) is 10.1 Å². The molecule has 0 amide bonds. The normalized spacial score (nSPS) is 13.8. The molecule has 130 valence electrons. The number of hydrogen-bond donors (Lipinski definition) is 1. The summed E-state index contributed by atoms with van der Waals surface area (Å²) in [7, 11) is -1.59. The van der Waals surface area contributed by atoms with Crippen molar-refractivity contribution in [3.63, 3.8) is 0 Å². The maximum absolute atomic E-state index is 13.0. The summed E-state index contributed by atoms with van der Waals surface area (Å²) in [5.74, 6) is -0.273. The van der Waals surface area contributed by atoms with Gasteiger partial charge in [-0.15, -0.1) is 0 Å². The number of nitro groups is 1. The lowest BCUT2D eigenvalue weighted by molar-refractivity contribution is -0.396. The van der Waals surface area contributed by atoms with Gasteiger partial charge in [-0.25, -0.2) is 9.65 Å². The Bertz CT molecular complexity index is 745. The Balaban J connectivity index is 2.05. The van der Waals surface area contributed by atoms with Gasteiger partial charge >= 0.3 is 5.95 Å². The average molecular weight is 352 g/mol. The molecule has 1 aromatic carbocycles. The van der Waals surface area contributed by atoms with Crippen LogP contribution in [0.5, 0.6) is 0 Å². The van der Waals surface area contributed by atoms with E-state index in [0.29, 0.717) is 12.2 Å². The number of hydrogen-bond acceptors (Lipinski definition) is 5. The van der Waals surface area contributed by atoms with E-state index in [1.807, 2.05) is 44.2 Å². The molecular formula is C15H21N4O4P. The van der Waals surface area contributed by atoms with Crippen LogP contribution in [0.3, 0.4) is 0 Å². The topological polar surface area (TPSA) is 99.3 Å². The van der Waals surface area contributed by atoms with Crippen molar-refractivity contribution < 1.29 is 14.0 Å². The van der Waals surface area contributed by atoms with Gasteiger partial charge in [0.25, 0.3) is 7.52 Å². The van der Waals surface area contributed by atoms with Crippen LogP contribution in [-0.2, 0) is 29.3 Å². The molecule has 0 saturated heterocycles. The standard InChI is InChI=1S/C15H21N4O4P/c1-12(2)24(22,17-9-13-7-5-4-6-8-13)23-11-14-10-16-15(18(14)3)19(20)21/h4-8,10,12H,9,11H2,1-3H3,(H,17,22). The minimum Gasteiger partial charge on any atom is -0.390 e. The van der Waals surface area contributed by atoms with Crippen molar-refractivity contribution >= 4 is 13.5 Å². The number of nitrogens with zero attached hydrogens (tertiary/aromatic N) is 3. The van der Waals surface area contributed by atoms with E-state index in [9.17, 15) is 14.7 Å². The SMILES string of the molecule is CC(C)P(=O)(NCc1ccccc1)OCc1cnc([N+](=O)[O-])n1C. The zero-order valence-corrected chi connectivity index (χ0v) is 14.8. The van der Waals surface area contributed by atoms with Gasteiger partial charge in [0.2, 0.25) is 0 Å². The summed E-state index contributed by atoms with van der Waals surface area (Å²) in [6.07, 6.45) is 1.36. The number of aromatic nitrogens is 2.